The van der Waals surface area contributed by atoms with Crippen LogP contribution >= 0.6 is 0 Å². The lowest BCUT2D eigenvalue weighted by Gasteiger charge is -2.23. The maximum atomic E-state index is 6.25. The van der Waals surface area contributed by atoms with E-state index < -0.39 is 6.17 Å². The highest BCUT2D eigenvalue weighted by Gasteiger charge is 2.24. The normalized spacial score (nSPS) is 14.6. The summed E-state index contributed by atoms with van der Waals surface area (Å²) in [5.74, 6) is 1.55. The summed E-state index contributed by atoms with van der Waals surface area (Å²) < 4.78 is 6.25. The number of para-hydroxylation sites is 1. The maximum absolute atomic E-state index is 6.25. The van der Waals surface area contributed by atoms with Crippen molar-refractivity contribution in [3.8, 4) is 22.3 Å². The highest BCUT2D eigenvalue weighted by atomic mass is 16.3. The van der Waals surface area contributed by atoms with Gasteiger partial charge in [0.1, 0.15) is 22.8 Å². The van der Waals surface area contributed by atoms with E-state index >= 15 is 0 Å². The molecule has 222 valence electrons. The second-order valence-electron chi connectivity index (χ2n) is 11.9. The first-order valence-corrected chi connectivity index (χ1v) is 15.9. The predicted molar refractivity (Wildman–Crippen MR) is 194 cm³/mol. The highest BCUT2D eigenvalue weighted by molar-refractivity contribution is 6.23. The van der Waals surface area contributed by atoms with E-state index in [1.165, 1.54) is 16.5 Å². The minimum absolute atomic E-state index is 0.436. The Morgan fingerprint density at radius 1 is 0.447 bits per heavy atom. The van der Waals surface area contributed by atoms with Crippen molar-refractivity contribution in [1.29, 1.82) is 0 Å². The van der Waals surface area contributed by atoms with E-state index in [9.17, 15) is 0 Å². The van der Waals surface area contributed by atoms with Crippen molar-refractivity contribution in [2.24, 2.45) is 9.98 Å². The van der Waals surface area contributed by atoms with E-state index in [-0.39, 0.29) is 0 Å². The first-order valence-electron chi connectivity index (χ1n) is 15.9. The number of aliphatic imine (C=N–C) groups is 2. The van der Waals surface area contributed by atoms with Crippen LogP contribution < -0.4 is 5.32 Å². The summed E-state index contributed by atoms with van der Waals surface area (Å²) in [4.78, 5) is 10.5. The van der Waals surface area contributed by atoms with E-state index in [1.807, 2.05) is 42.5 Å². The fourth-order valence-electron chi connectivity index (χ4n) is 6.57. The molecule has 9 rings (SSSR count). The molecule has 4 nitrogen and oxygen atoms in total. The predicted octanol–water partition coefficient (Wildman–Crippen LogP) is 10.6. The molecule has 0 radical (unpaired) electrons. The number of nitrogens with one attached hydrogen (secondary N) is 1. The molecule has 0 aliphatic carbocycles. The maximum Gasteiger partial charge on any atom is 0.169 e. The van der Waals surface area contributed by atoms with Crippen LogP contribution in [0.15, 0.2) is 178 Å². The van der Waals surface area contributed by atoms with Gasteiger partial charge in [-0.05, 0) is 68.9 Å². The van der Waals surface area contributed by atoms with Crippen LogP contribution in [0.5, 0.6) is 0 Å². The summed E-state index contributed by atoms with van der Waals surface area (Å²) in [5, 5.41) is 8.08. The van der Waals surface area contributed by atoms with Gasteiger partial charge in [-0.2, -0.15) is 0 Å². The number of furan rings is 1. The SMILES string of the molecule is c1ccc(-c2cccc(C3N=C(c4ccc5cc(-c6ccccc6)ccc5c4)NC(c4cccc5oc6ccccc6c45)=N3)c2)cc1. The van der Waals surface area contributed by atoms with Crippen molar-refractivity contribution in [2.75, 3.05) is 0 Å². The topological polar surface area (TPSA) is 49.9 Å². The Morgan fingerprint density at radius 2 is 1.04 bits per heavy atom. The van der Waals surface area contributed by atoms with Crippen LogP contribution in [0, 0.1) is 0 Å². The Balaban J connectivity index is 1.18. The van der Waals surface area contributed by atoms with Gasteiger partial charge < -0.3 is 9.73 Å². The monoisotopic (exact) mass is 603 g/mol. The van der Waals surface area contributed by atoms with Gasteiger partial charge in [-0.3, -0.25) is 0 Å². The number of amidine groups is 2. The number of fused-ring (bicyclic) bond motifs is 4. The van der Waals surface area contributed by atoms with Gasteiger partial charge in [0.05, 0.1) is 0 Å². The smallest absolute Gasteiger partial charge is 0.169 e. The molecule has 1 aliphatic heterocycles. The van der Waals surface area contributed by atoms with Crippen molar-refractivity contribution < 1.29 is 4.42 Å². The third kappa shape index (κ3) is 4.97. The van der Waals surface area contributed by atoms with E-state index in [0.717, 1.165) is 66.8 Å². The minimum Gasteiger partial charge on any atom is -0.456 e. The Kier molecular flexibility index (Phi) is 6.50. The van der Waals surface area contributed by atoms with Gasteiger partial charge in [-0.15, -0.1) is 0 Å². The minimum atomic E-state index is -0.436. The van der Waals surface area contributed by atoms with E-state index in [0.29, 0.717) is 0 Å². The number of rotatable bonds is 5. The zero-order valence-electron chi connectivity index (χ0n) is 25.5. The molecule has 1 aliphatic rings. The second-order valence-corrected chi connectivity index (χ2v) is 11.9. The quantitative estimate of drug-likeness (QED) is 0.213. The van der Waals surface area contributed by atoms with E-state index in [2.05, 4.69) is 127 Å². The molecule has 0 amide bonds. The molecule has 8 aromatic rings. The summed E-state index contributed by atoms with van der Waals surface area (Å²) in [7, 11) is 0. The average Bonchev–Trinajstić information content (AvgIpc) is 3.54. The number of hydrogen-bond acceptors (Lipinski definition) is 4. The summed E-state index contributed by atoms with van der Waals surface area (Å²) in [6, 6.07) is 57.0. The number of hydrogen-bond donors (Lipinski definition) is 1. The van der Waals surface area contributed by atoms with Crippen LogP contribution in [0.1, 0.15) is 22.9 Å². The first-order chi connectivity index (χ1) is 23.3. The summed E-state index contributed by atoms with van der Waals surface area (Å²) in [6.07, 6.45) is -0.436. The van der Waals surface area contributed by atoms with Crippen molar-refractivity contribution in [1.82, 2.24) is 5.32 Å². The lowest BCUT2D eigenvalue weighted by Crippen LogP contribution is -2.36. The Bertz CT molecular complexity index is 2490. The highest BCUT2D eigenvalue weighted by Crippen LogP contribution is 2.34. The van der Waals surface area contributed by atoms with Gasteiger partial charge in [0.25, 0.3) is 0 Å². The molecule has 0 bridgehead atoms. The van der Waals surface area contributed by atoms with Crippen LogP contribution in [-0.2, 0) is 0 Å². The van der Waals surface area contributed by atoms with Gasteiger partial charge in [0.2, 0.25) is 0 Å². The standard InChI is InChI=1S/C43H29N3O/c1-3-11-28(12-4-1)30-15-9-16-34(26-30)41-44-42(35-24-23-32-25-31(21-22-33(32)27-35)29-13-5-2-6-14-29)46-43(45-41)37-18-10-20-39-40(37)36-17-7-8-19-38(36)47-39/h1-27,41H,(H,44,45,46). The third-order valence-electron chi connectivity index (χ3n) is 8.91. The Morgan fingerprint density at radius 3 is 1.83 bits per heavy atom. The second kappa shape index (κ2) is 11.3. The molecule has 0 saturated carbocycles. The fraction of sp³-hybridized carbons (Fsp3) is 0.0233. The Labute approximate surface area is 272 Å². The molecule has 1 atom stereocenters. The molecule has 0 fully saturated rings. The summed E-state index contributed by atoms with van der Waals surface area (Å²) >= 11 is 0. The van der Waals surface area contributed by atoms with Crippen molar-refractivity contribution in [2.45, 2.75) is 6.17 Å². The lowest BCUT2D eigenvalue weighted by atomic mass is 9.99. The van der Waals surface area contributed by atoms with E-state index in [1.54, 1.807) is 0 Å². The van der Waals surface area contributed by atoms with Crippen molar-refractivity contribution >= 4 is 44.4 Å². The van der Waals surface area contributed by atoms with Gasteiger partial charge in [0, 0.05) is 21.9 Å². The van der Waals surface area contributed by atoms with Crippen LogP contribution in [0.3, 0.4) is 0 Å². The van der Waals surface area contributed by atoms with Crippen LogP contribution in [0.4, 0.5) is 0 Å². The Hall–Kier alpha value is -6.26. The molecule has 1 N–H and O–H groups in total. The lowest BCUT2D eigenvalue weighted by molar-refractivity contribution is 0.669. The molecule has 4 heteroatoms. The molecule has 2 heterocycles. The number of benzene rings is 7. The molecule has 0 saturated heterocycles. The largest absolute Gasteiger partial charge is 0.456 e. The summed E-state index contributed by atoms with van der Waals surface area (Å²) in [5.41, 5.74) is 9.42. The first kappa shape index (κ1) is 27.1. The molecule has 1 aromatic heterocycles. The zero-order valence-corrected chi connectivity index (χ0v) is 25.5. The van der Waals surface area contributed by atoms with Crippen LogP contribution in [-0.4, -0.2) is 11.7 Å². The molecular formula is C43H29N3O. The van der Waals surface area contributed by atoms with Crippen LogP contribution in [0.25, 0.3) is 55.0 Å². The van der Waals surface area contributed by atoms with Gasteiger partial charge >= 0.3 is 0 Å². The average molecular weight is 604 g/mol. The van der Waals surface area contributed by atoms with Gasteiger partial charge in [0.15, 0.2) is 6.17 Å². The molecule has 0 spiro atoms. The van der Waals surface area contributed by atoms with Gasteiger partial charge in [-0.25, -0.2) is 9.98 Å². The molecule has 7 aromatic carbocycles. The molecular weight excluding hydrogens is 574 g/mol. The zero-order chi connectivity index (χ0) is 31.2. The third-order valence-corrected chi connectivity index (χ3v) is 8.91. The van der Waals surface area contributed by atoms with Crippen molar-refractivity contribution in [3.63, 3.8) is 0 Å². The number of nitrogens with zero attached hydrogens (tertiary/aromatic N) is 2. The molecule has 1 unspecified atom stereocenters. The van der Waals surface area contributed by atoms with Crippen LogP contribution in [0.2, 0.25) is 0 Å². The van der Waals surface area contributed by atoms with Gasteiger partial charge in [-0.1, -0.05) is 133 Å². The summed E-state index contributed by atoms with van der Waals surface area (Å²) in [6.45, 7) is 0. The molecule has 47 heavy (non-hydrogen) atoms. The van der Waals surface area contributed by atoms with E-state index in [4.69, 9.17) is 14.4 Å². The fourth-order valence-corrected chi connectivity index (χ4v) is 6.57. The van der Waals surface area contributed by atoms with Crippen molar-refractivity contribution in [3.05, 3.63) is 180 Å².